The van der Waals surface area contributed by atoms with Gasteiger partial charge in [-0.2, -0.15) is 0 Å². The number of carbonyl (C=O) groups is 2. The number of aromatic carboxylic acids is 1. The summed E-state index contributed by atoms with van der Waals surface area (Å²) >= 11 is 6.69. The van der Waals surface area contributed by atoms with Crippen LogP contribution in [0.1, 0.15) is 37.4 Å². The number of hydrogen-bond donors (Lipinski definition) is 2. The highest BCUT2D eigenvalue weighted by atomic mass is 35.5. The van der Waals surface area contributed by atoms with Gasteiger partial charge in [0.05, 0.1) is 10.4 Å². The van der Waals surface area contributed by atoms with Gasteiger partial charge in [-0.05, 0) is 27.7 Å². The molecule has 0 aromatic carbocycles. The summed E-state index contributed by atoms with van der Waals surface area (Å²) < 4.78 is 10.8. The van der Waals surface area contributed by atoms with Crippen LogP contribution < -0.4 is 10.1 Å². The maximum Gasteiger partial charge on any atom is 0.407 e. The lowest BCUT2D eigenvalue weighted by atomic mass is 10.2. The minimum atomic E-state index is -1.10. The van der Waals surface area contributed by atoms with Gasteiger partial charge in [-0.1, -0.05) is 11.6 Å². The Labute approximate surface area is 132 Å². The van der Waals surface area contributed by atoms with Gasteiger partial charge >= 0.3 is 12.1 Å². The fourth-order valence-electron chi connectivity index (χ4n) is 1.37. The Morgan fingerprint density at radius 1 is 1.48 bits per heavy atom. The number of hydrogen-bond acceptors (Lipinski definition) is 5. The van der Waals surface area contributed by atoms with Gasteiger partial charge in [0.1, 0.15) is 18.0 Å². The second-order valence-electron chi connectivity index (χ2n) is 5.41. The maximum atomic E-state index is 11.6. The van der Waals surface area contributed by atoms with E-state index in [2.05, 4.69) is 5.32 Å². The molecule has 1 amide bonds. The largest absolute Gasteiger partial charge is 0.490 e. The molecule has 0 radical (unpaired) electrons. The molecule has 2 N–H and O–H groups in total. The van der Waals surface area contributed by atoms with E-state index in [1.165, 1.54) is 6.07 Å². The van der Waals surface area contributed by atoms with E-state index in [1.54, 1.807) is 27.7 Å². The third-order valence-electron chi connectivity index (χ3n) is 2.11. The van der Waals surface area contributed by atoms with Crippen LogP contribution in [0.25, 0.3) is 0 Å². The van der Waals surface area contributed by atoms with Crippen LogP contribution in [0, 0.1) is 0 Å². The molecule has 1 aromatic rings. The predicted octanol–water partition coefficient (Wildman–Crippen LogP) is 3.39. The molecular weight excluding hydrogens is 318 g/mol. The zero-order valence-electron chi connectivity index (χ0n) is 12.2. The quantitative estimate of drug-likeness (QED) is 0.861. The van der Waals surface area contributed by atoms with Crippen LogP contribution in [0.2, 0.25) is 4.34 Å². The summed E-state index contributed by atoms with van der Waals surface area (Å²) in [5, 5.41) is 11.6. The summed E-state index contributed by atoms with van der Waals surface area (Å²) in [5.74, 6) is -0.912. The van der Waals surface area contributed by atoms with Gasteiger partial charge < -0.3 is 19.9 Å². The molecule has 8 heteroatoms. The summed E-state index contributed by atoms with van der Waals surface area (Å²) in [4.78, 5) is 22.6. The molecule has 1 unspecified atom stereocenters. The normalized spacial score (nSPS) is 12.6. The van der Waals surface area contributed by atoms with Gasteiger partial charge in [0.2, 0.25) is 0 Å². The Morgan fingerprint density at radius 3 is 2.62 bits per heavy atom. The van der Waals surface area contributed by atoms with Crippen molar-refractivity contribution in [3.8, 4) is 5.75 Å². The van der Waals surface area contributed by atoms with Crippen molar-refractivity contribution in [3.63, 3.8) is 0 Å². The van der Waals surface area contributed by atoms with E-state index in [1.807, 2.05) is 0 Å². The standard InChI is InChI=1S/C13H18ClNO5S/c1-7(15-12(18)20-13(2,3)4)6-19-8-5-9(14)21-10(8)11(16)17/h5,7H,6H2,1-4H3,(H,15,18)(H,16,17). The summed E-state index contributed by atoms with van der Waals surface area (Å²) in [5.41, 5.74) is -0.581. The van der Waals surface area contributed by atoms with E-state index in [4.69, 9.17) is 26.2 Å². The number of thiophene rings is 1. The second-order valence-corrected chi connectivity index (χ2v) is 7.09. The highest BCUT2D eigenvalue weighted by molar-refractivity contribution is 7.18. The van der Waals surface area contributed by atoms with Gasteiger partial charge in [-0.15, -0.1) is 11.3 Å². The summed E-state index contributed by atoms with van der Waals surface area (Å²) in [6.07, 6.45) is -0.555. The molecule has 0 saturated heterocycles. The molecule has 118 valence electrons. The van der Waals surface area contributed by atoms with E-state index in [9.17, 15) is 9.59 Å². The predicted molar refractivity (Wildman–Crippen MR) is 80.6 cm³/mol. The molecule has 6 nitrogen and oxygen atoms in total. The number of alkyl carbamates (subject to hydrolysis) is 1. The van der Waals surface area contributed by atoms with E-state index in [0.717, 1.165) is 11.3 Å². The monoisotopic (exact) mass is 335 g/mol. The zero-order chi connectivity index (χ0) is 16.2. The molecule has 1 heterocycles. The summed E-state index contributed by atoms with van der Waals surface area (Å²) in [7, 11) is 0. The van der Waals surface area contributed by atoms with E-state index < -0.39 is 17.7 Å². The molecule has 1 rings (SSSR count). The SMILES string of the molecule is CC(COc1cc(Cl)sc1C(=O)O)NC(=O)OC(C)(C)C. The second kappa shape index (κ2) is 7.00. The van der Waals surface area contributed by atoms with Crippen LogP contribution in [0.4, 0.5) is 4.79 Å². The van der Waals surface area contributed by atoms with Crippen molar-refractivity contribution in [2.24, 2.45) is 0 Å². The lowest BCUT2D eigenvalue weighted by molar-refractivity contribution is 0.0491. The molecule has 1 atom stereocenters. The first-order valence-electron chi connectivity index (χ1n) is 6.23. The number of carboxylic acids is 1. The van der Waals surface area contributed by atoms with Crippen molar-refractivity contribution in [1.29, 1.82) is 0 Å². The highest BCUT2D eigenvalue weighted by Gasteiger charge is 2.20. The van der Waals surface area contributed by atoms with Gasteiger partial charge in [-0.3, -0.25) is 0 Å². The fraction of sp³-hybridized carbons (Fsp3) is 0.538. The number of rotatable bonds is 5. The topological polar surface area (TPSA) is 84.9 Å². The number of halogens is 1. The van der Waals surface area contributed by atoms with Gasteiger partial charge in [0.25, 0.3) is 0 Å². The Kier molecular flexibility index (Phi) is 5.86. The molecular formula is C13H18ClNO5S. The van der Waals surface area contributed by atoms with Crippen LogP contribution in [0.5, 0.6) is 5.75 Å². The Balaban J connectivity index is 2.52. The molecule has 0 bridgehead atoms. The van der Waals surface area contributed by atoms with Gasteiger partial charge in [0, 0.05) is 6.07 Å². The number of amides is 1. The number of carbonyl (C=O) groups excluding carboxylic acids is 1. The third-order valence-corrected chi connectivity index (χ3v) is 3.35. The molecule has 0 fully saturated rings. The van der Waals surface area contributed by atoms with Crippen molar-refractivity contribution in [3.05, 3.63) is 15.3 Å². The molecule has 21 heavy (non-hydrogen) atoms. The fourth-order valence-corrected chi connectivity index (χ4v) is 2.36. The molecule has 0 spiro atoms. The third kappa shape index (κ3) is 6.22. The zero-order valence-corrected chi connectivity index (χ0v) is 13.8. The van der Waals surface area contributed by atoms with E-state index in [-0.39, 0.29) is 23.3 Å². The lowest BCUT2D eigenvalue weighted by Crippen LogP contribution is -2.40. The van der Waals surface area contributed by atoms with Crippen molar-refractivity contribution >= 4 is 35.0 Å². The minimum Gasteiger partial charge on any atom is -0.490 e. The average molecular weight is 336 g/mol. The van der Waals surface area contributed by atoms with Gasteiger partial charge in [0.15, 0.2) is 4.88 Å². The Hall–Kier alpha value is -1.47. The average Bonchev–Trinajstić information content (AvgIpc) is 2.65. The lowest BCUT2D eigenvalue weighted by Gasteiger charge is -2.22. The first-order valence-corrected chi connectivity index (χ1v) is 7.43. The summed E-state index contributed by atoms with van der Waals surface area (Å²) in [6, 6.07) is 1.09. The van der Waals surface area contributed by atoms with Crippen LogP contribution in [-0.4, -0.2) is 35.4 Å². The minimum absolute atomic E-state index is 0.0319. The molecule has 0 aliphatic carbocycles. The van der Waals surface area contributed by atoms with Crippen molar-refractivity contribution in [1.82, 2.24) is 5.32 Å². The smallest absolute Gasteiger partial charge is 0.407 e. The van der Waals surface area contributed by atoms with E-state index >= 15 is 0 Å². The first kappa shape index (κ1) is 17.6. The van der Waals surface area contributed by atoms with Gasteiger partial charge in [-0.25, -0.2) is 9.59 Å². The van der Waals surface area contributed by atoms with Crippen molar-refractivity contribution in [2.45, 2.75) is 39.3 Å². The van der Waals surface area contributed by atoms with E-state index in [0.29, 0.717) is 4.34 Å². The maximum absolute atomic E-state index is 11.6. The Morgan fingerprint density at radius 2 is 2.10 bits per heavy atom. The van der Waals surface area contributed by atoms with Crippen LogP contribution in [0.3, 0.4) is 0 Å². The molecule has 1 aromatic heterocycles. The number of nitrogens with one attached hydrogen (secondary N) is 1. The van der Waals surface area contributed by atoms with Crippen molar-refractivity contribution < 1.29 is 24.2 Å². The molecule has 0 saturated carbocycles. The Bertz CT molecular complexity index is 523. The number of carboxylic acid groups (broad SMARTS) is 1. The number of ether oxygens (including phenoxy) is 2. The van der Waals surface area contributed by atoms with Crippen molar-refractivity contribution in [2.75, 3.05) is 6.61 Å². The van der Waals surface area contributed by atoms with Crippen LogP contribution in [0.15, 0.2) is 6.07 Å². The first-order chi connectivity index (χ1) is 9.58. The van der Waals surface area contributed by atoms with Crippen LogP contribution in [-0.2, 0) is 4.74 Å². The summed E-state index contributed by atoms with van der Waals surface area (Å²) in [6.45, 7) is 7.12. The van der Waals surface area contributed by atoms with Crippen LogP contribution >= 0.6 is 22.9 Å². The molecule has 0 aliphatic rings. The molecule has 0 aliphatic heterocycles. The highest BCUT2D eigenvalue weighted by Crippen LogP contribution is 2.32.